The number of nitrogens with zero attached hydrogens (tertiary/aromatic N) is 1. The molecule has 0 aliphatic rings. The lowest BCUT2D eigenvalue weighted by Crippen LogP contribution is -2.10. The molecule has 0 bridgehead atoms. The van der Waals surface area contributed by atoms with Gasteiger partial charge in [-0.1, -0.05) is 0 Å². The first-order chi connectivity index (χ1) is 6.99. The maximum absolute atomic E-state index is 13.3. The zero-order valence-corrected chi connectivity index (χ0v) is 7.93. The van der Waals surface area contributed by atoms with Crippen LogP contribution in [0.4, 0.5) is 13.2 Å². The second-order valence-corrected chi connectivity index (χ2v) is 2.86. The van der Waals surface area contributed by atoms with Gasteiger partial charge in [0.1, 0.15) is 17.1 Å². The van der Waals surface area contributed by atoms with E-state index in [2.05, 4.69) is 4.98 Å². The summed E-state index contributed by atoms with van der Waals surface area (Å²) in [6.07, 6.45) is -2.34. The Kier molecular flexibility index (Phi) is 3.52. The Morgan fingerprint density at radius 3 is 2.60 bits per heavy atom. The Balaban J connectivity index is 3.44. The van der Waals surface area contributed by atoms with Crippen molar-refractivity contribution in [1.82, 2.24) is 4.98 Å². The van der Waals surface area contributed by atoms with Crippen LogP contribution < -0.4 is 0 Å². The summed E-state index contributed by atoms with van der Waals surface area (Å²) in [5.41, 5.74) is -2.43. The first-order valence-electron chi connectivity index (χ1n) is 3.73. The zero-order chi connectivity index (χ0) is 11.6. The summed E-state index contributed by atoms with van der Waals surface area (Å²) in [6.45, 7) is 0. The zero-order valence-electron chi connectivity index (χ0n) is 7.18. The number of pyridine rings is 1. The normalized spacial score (nSPS) is 10.7. The Morgan fingerprint density at radius 1 is 1.60 bits per heavy atom. The van der Waals surface area contributed by atoms with Gasteiger partial charge in [0.2, 0.25) is 0 Å². The van der Waals surface area contributed by atoms with Crippen LogP contribution in [0.3, 0.4) is 0 Å². The van der Waals surface area contributed by atoms with Crippen molar-refractivity contribution in [2.75, 3.05) is 0 Å². The van der Waals surface area contributed by atoms with Gasteiger partial charge in [-0.05, 0) is 0 Å². The van der Waals surface area contributed by atoms with Gasteiger partial charge in [0, 0.05) is 11.8 Å². The van der Waals surface area contributed by atoms with Gasteiger partial charge in [0.05, 0.1) is 5.88 Å². The number of hydrogen-bond acceptors (Lipinski definition) is 2. The molecule has 0 aliphatic heterocycles. The maximum atomic E-state index is 13.3. The standard InChI is InChI=1S/C8H5ClF3NO2/c9-1-3-2-13-6(7(11)12)4(5(3)10)8(14)15/h2,7H,1H2,(H,14,15). The molecule has 1 N–H and O–H groups in total. The van der Waals surface area contributed by atoms with E-state index in [0.717, 1.165) is 6.20 Å². The minimum absolute atomic E-state index is 0.224. The van der Waals surface area contributed by atoms with Gasteiger partial charge in [-0.2, -0.15) is 0 Å². The predicted molar refractivity (Wildman–Crippen MR) is 45.7 cm³/mol. The molecule has 0 amide bonds. The van der Waals surface area contributed by atoms with E-state index < -0.39 is 29.5 Å². The molecule has 0 radical (unpaired) electrons. The third kappa shape index (κ3) is 2.20. The number of hydrogen-bond donors (Lipinski definition) is 1. The number of aromatic carboxylic acids is 1. The highest BCUT2D eigenvalue weighted by atomic mass is 35.5. The minimum Gasteiger partial charge on any atom is -0.478 e. The Hall–Kier alpha value is -1.30. The quantitative estimate of drug-likeness (QED) is 0.825. The number of halogens is 4. The number of alkyl halides is 3. The fourth-order valence-electron chi connectivity index (χ4n) is 1.00. The van der Waals surface area contributed by atoms with Crippen LogP contribution in [-0.2, 0) is 5.88 Å². The molecule has 7 heteroatoms. The van der Waals surface area contributed by atoms with E-state index in [1.807, 2.05) is 0 Å². The van der Waals surface area contributed by atoms with E-state index in [9.17, 15) is 18.0 Å². The summed E-state index contributed by atoms with van der Waals surface area (Å²) >= 11 is 5.28. The first kappa shape index (κ1) is 11.8. The van der Waals surface area contributed by atoms with Crippen molar-refractivity contribution in [3.63, 3.8) is 0 Å². The van der Waals surface area contributed by atoms with Crippen molar-refractivity contribution in [3.8, 4) is 0 Å². The van der Waals surface area contributed by atoms with Crippen LogP contribution in [0, 0.1) is 5.82 Å². The van der Waals surface area contributed by atoms with Gasteiger partial charge in [0.15, 0.2) is 0 Å². The highest BCUT2D eigenvalue weighted by molar-refractivity contribution is 6.17. The first-order valence-corrected chi connectivity index (χ1v) is 4.27. The molecule has 0 aliphatic carbocycles. The van der Waals surface area contributed by atoms with Gasteiger partial charge < -0.3 is 5.11 Å². The third-order valence-corrected chi connectivity index (χ3v) is 1.97. The minimum atomic E-state index is -3.14. The molecule has 1 rings (SSSR count). The lowest BCUT2D eigenvalue weighted by Gasteiger charge is -2.07. The van der Waals surface area contributed by atoms with Gasteiger partial charge >= 0.3 is 5.97 Å². The van der Waals surface area contributed by atoms with Crippen molar-refractivity contribution >= 4 is 17.6 Å². The highest BCUT2D eigenvalue weighted by Crippen LogP contribution is 2.25. The average molecular weight is 240 g/mol. The number of rotatable bonds is 3. The van der Waals surface area contributed by atoms with Crippen LogP contribution in [0.15, 0.2) is 6.20 Å². The molecular formula is C8H5ClF3NO2. The number of carbonyl (C=O) groups is 1. The van der Waals surface area contributed by atoms with E-state index >= 15 is 0 Å². The lowest BCUT2D eigenvalue weighted by atomic mass is 10.1. The molecule has 0 saturated heterocycles. The number of carboxylic acid groups (broad SMARTS) is 1. The summed E-state index contributed by atoms with van der Waals surface area (Å²) in [4.78, 5) is 13.7. The SMILES string of the molecule is O=C(O)c1c(C(F)F)ncc(CCl)c1F. The second kappa shape index (κ2) is 4.48. The van der Waals surface area contributed by atoms with Crippen molar-refractivity contribution in [3.05, 3.63) is 28.8 Å². The highest BCUT2D eigenvalue weighted by Gasteiger charge is 2.25. The van der Waals surface area contributed by atoms with Crippen molar-refractivity contribution in [2.24, 2.45) is 0 Å². The summed E-state index contributed by atoms with van der Waals surface area (Å²) < 4.78 is 37.9. The molecule has 0 unspecified atom stereocenters. The molecule has 0 saturated carbocycles. The fraction of sp³-hybridized carbons (Fsp3) is 0.250. The predicted octanol–water partition coefficient (Wildman–Crippen LogP) is 2.60. The molecule has 0 aromatic carbocycles. The van der Waals surface area contributed by atoms with Gasteiger partial charge in [-0.15, -0.1) is 11.6 Å². The fourth-order valence-corrected chi connectivity index (χ4v) is 1.19. The molecule has 15 heavy (non-hydrogen) atoms. The van der Waals surface area contributed by atoms with Crippen molar-refractivity contribution in [2.45, 2.75) is 12.3 Å². The van der Waals surface area contributed by atoms with Gasteiger partial charge in [0.25, 0.3) is 6.43 Å². The van der Waals surface area contributed by atoms with Crippen LogP contribution in [0.2, 0.25) is 0 Å². The van der Waals surface area contributed by atoms with E-state index in [1.165, 1.54) is 0 Å². The average Bonchev–Trinajstić information content (AvgIpc) is 2.16. The summed E-state index contributed by atoms with van der Waals surface area (Å²) in [6, 6.07) is 0. The summed E-state index contributed by atoms with van der Waals surface area (Å²) in [5.74, 6) is -3.38. The molecule has 82 valence electrons. The molecule has 3 nitrogen and oxygen atoms in total. The van der Waals surface area contributed by atoms with E-state index in [4.69, 9.17) is 16.7 Å². The monoisotopic (exact) mass is 239 g/mol. The third-order valence-electron chi connectivity index (χ3n) is 1.68. The topological polar surface area (TPSA) is 50.2 Å². The van der Waals surface area contributed by atoms with Gasteiger partial charge in [-0.25, -0.2) is 18.0 Å². The molecule has 0 atom stereocenters. The van der Waals surface area contributed by atoms with E-state index in [1.54, 1.807) is 0 Å². The van der Waals surface area contributed by atoms with Crippen LogP contribution in [0.1, 0.15) is 28.0 Å². The molecule has 1 aromatic rings. The van der Waals surface area contributed by atoms with E-state index in [-0.39, 0.29) is 11.4 Å². The lowest BCUT2D eigenvalue weighted by molar-refractivity contribution is 0.0675. The van der Waals surface area contributed by atoms with Crippen LogP contribution >= 0.6 is 11.6 Å². The molecule has 1 aromatic heterocycles. The number of carboxylic acids is 1. The van der Waals surface area contributed by atoms with Crippen molar-refractivity contribution < 1.29 is 23.1 Å². The van der Waals surface area contributed by atoms with Crippen LogP contribution in [0.5, 0.6) is 0 Å². The molecular weight excluding hydrogens is 235 g/mol. The largest absolute Gasteiger partial charge is 0.478 e. The summed E-state index contributed by atoms with van der Waals surface area (Å²) in [7, 11) is 0. The van der Waals surface area contributed by atoms with Crippen LogP contribution in [0.25, 0.3) is 0 Å². The Bertz CT molecular complexity index is 398. The smallest absolute Gasteiger partial charge is 0.340 e. The maximum Gasteiger partial charge on any atom is 0.340 e. The number of aromatic nitrogens is 1. The second-order valence-electron chi connectivity index (χ2n) is 2.60. The van der Waals surface area contributed by atoms with Crippen molar-refractivity contribution in [1.29, 1.82) is 0 Å². The Labute approximate surface area is 87.5 Å². The Morgan fingerprint density at radius 2 is 2.20 bits per heavy atom. The molecule has 1 heterocycles. The summed E-state index contributed by atoms with van der Waals surface area (Å²) in [5, 5.41) is 8.56. The molecule has 0 fully saturated rings. The van der Waals surface area contributed by atoms with Gasteiger partial charge in [-0.3, -0.25) is 4.98 Å². The van der Waals surface area contributed by atoms with Crippen LogP contribution in [-0.4, -0.2) is 16.1 Å². The van der Waals surface area contributed by atoms with E-state index in [0.29, 0.717) is 0 Å². The molecule has 0 spiro atoms.